The van der Waals surface area contributed by atoms with Crippen LogP contribution in [0.1, 0.15) is 31.4 Å². The van der Waals surface area contributed by atoms with E-state index in [4.69, 9.17) is 11.5 Å². The van der Waals surface area contributed by atoms with Gasteiger partial charge in [-0.1, -0.05) is 12.1 Å². The number of hydrogen-bond acceptors (Lipinski definition) is 2. The Hall–Kier alpha value is -2.36. The average Bonchev–Trinajstić information content (AvgIpc) is 2.49. The van der Waals surface area contributed by atoms with E-state index in [9.17, 15) is 8.78 Å². The highest BCUT2D eigenvalue weighted by Crippen LogP contribution is 2.32. The van der Waals surface area contributed by atoms with Gasteiger partial charge in [0.25, 0.3) is 0 Å². The maximum atomic E-state index is 14.2. The standard InChI is InChI=1S/C19H22F2N2/c1-12-4-5-15(20)9-16(12)14(11-22)8-18(23)17-10-19(3,21)7-6-13(17)2/h4-6,8-11H,7,22-23H2,1-3H3/b14-11+,18-8-. The van der Waals surface area contributed by atoms with Crippen LogP contribution in [0.3, 0.4) is 0 Å². The summed E-state index contributed by atoms with van der Waals surface area (Å²) in [4.78, 5) is 0. The molecule has 0 radical (unpaired) electrons. The summed E-state index contributed by atoms with van der Waals surface area (Å²) in [7, 11) is 0. The average molecular weight is 316 g/mol. The number of alkyl halides is 1. The first-order valence-corrected chi connectivity index (χ1v) is 7.48. The molecule has 1 atom stereocenters. The number of benzene rings is 1. The molecular weight excluding hydrogens is 294 g/mol. The van der Waals surface area contributed by atoms with Crippen molar-refractivity contribution in [3.63, 3.8) is 0 Å². The lowest BCUT2D eigenvalue weighted by Crippen LogP contribution is -2.20. The van der Waals surface area contributed by atoms with Gasteiger partial charge in [0.15, 0.2) is 0 Å². The Morgan fingerprint density at radius 3 is 2.65 bits per heavy atom. The Morgan fingerprint density at radius 2 is 2.00 bits per heavy atom. The van der Waals surface area contributed by atoms with Crippen molar-refractivity contribution in [2.45, 2.75) is 32.9 Å². The first-order chi connectivity index (χ1) is 10.7. The van der Waals surface area contributed by atoms with Gasteiger partial charge in [-0.2, -0.15) is 0 Å². The first-order valence-electron chi connectivity index (χ1n) is 7.48. The molecule has 0 bridgehead atoms. The van der Waals surface area contributed by atoms with Crippen molar-refractivity contribution in [1.82, 2.24) is 0 Å². The Morgan fingerprint density at radius 1 is 1.30 bits per heavy atom. The van der Waals surface area contributed by atoms with Crippen molar-refractivity contribution in [2.24, 2.45) is 11.5 Å². The van der Waals surface area contributed by atoms with E-state index in [0.29, 0.717) is 28.8 Å². The lowest BCUT2D eigenvalue weighted by molar-refractivity contribution is 0.257. The van der Waals surface area contributed by atoms with Crippen LogP contribution in [-0.4, -0.2) is 5.67 Å². The Labute approximate surface area is 135 Å². The third-order valence-electron chi connectivity index (χ3n) is 3.99. The zero-order valence-corrected chi connectivity index (χ0v) is 13.7. The van der Waals surface area contributed by atoms with Crippen LogP contribution in [0, 0.1) is 12.7 Å². The van der Waals surface area contributed by atoms with Crippen LogP contribution in [0.15, 0.2) is 59.5 Å². The largest absolute Gasteiger partial charge is 0.404 e. The summed E-state index contributed by atoms with van der Waals surface area (Å²) in [6, 6.07) is 4.49. The second kappa shape index (κ2) is 6.41. The number of hydrogen-bond donors (Lipinski definition) is 2. The Bertz CT molecular complexity index is 738. The molecule has 1 aliphatic rings. The molecule has 4 heteroatoms. The number of aryl methyl sites for hydroxylation is 1. The minimum atomic E-state index is -1.42. The highest BCUT2D eigenvalue weighted by atomic mass is 19.1. The van der Waals surface area contributed by atoms with Crippen LogP contribution in [0.2, 0.25) is 0 Å². The molecule has 2 nitrogen and oxygen atoms in total. The van der Waals surface area contributed by atoms with Gasteiger partial charge in [0.2, 0.25) is 0 Å². The predicted molar refractivity (Wildman–Crippen MR) is 91.5 cm³/mol. The number of allylic oxidation sites excluding steroid dienone is 5. The fourth-order valence-electron chi connectivity index (χ4n) is 2.61. The number of halogens is 2. The molecule has 1 aromatic carbocycles. The minimum absolute atomic E-state index is 0.332. The van der Waals surface area contributed by atoms with Gasteiger partial charge in [0.05, 0.1) is 0 Å². The number of rotatable bonds is 3. The van der Waals surface area contributed by atoms with Crippen molar-refractivity contribution >= 4 is 5.57 Å². The van der Waals surface area contributed by atoms with Crippen LogP contribution < -0.4 is 11.5 Å². The zero-order valence-electron chi connectivity index (χ0n) is 13.7. The van der Waals surface area contributed by atoms with Gasteiger partial charge in [0, 0.05) is 18.3 Å². The maximum absolute atomic E-state index is 14.2. The Kier molecular flexibility index (Phi) is 4.73. The summed E-state index contributed by atoms with van der Waals surface area (Å²) in [5, 5.41) is 0. The SMILES string of the molecule is CC1=CCC(C)(F)C=C1/C(N)=C/C(=C\N)c1cc(F)ccc1C. The van der Waals surface area contributed by atoms with E-state index in [2.05, 4.69) is 0 Å². The highest BCUT2D eigenvalue weighted by Gasteiger charge is 2.25. The van der Waals surface area contributed by atoms with E-state index in [1.807, 2.05) is 19.9 Å². The topological polar surface area (TPSA) is 52.0 Å². The fourth-order valence-corrected chi connectivity index (χ4v) is 2.61. The van der Waals surface area contributed by atoms with E-state index in [-0.39, 0.29) is 5.82 Å². The number of nitrogens with two attached hydrogens (primary N) is 2. The van der Waals surface area contributed by atoms with Crippen LogP contribution in [0.5, 0.6) is 0 Å². The lowest BCUT2D eigenvalue weighted by Gasteiger charge is -2.23. The quantitative estimate of drug-likeness (QED) is 0.818. The van der Waals surface area contributed by atoms with Crippen molar-refractivity contribution in [2.75, 3.05) is 0 Å². The summed E-state index contributed by atoms with van der Waals surface area (Å²) >= 11 is 0. The molecule has 122 valence electrons. The van der Waals surface area contributed by atoms with Crippen molar-refractivity contribution in [3.05, 3.63) is 76.4 Å². The molecule has 1 aliphatic carbocycles. The van der Waals surface area contributed by atoms with Gasteiger partial charge in [0.1, 0.15) is 11.5 Å². The molecule has 0 amide bonds. The van der Waals surface area contributed by atoms with E-state index >= 15 is 0 Å². The smallest absolute Gasteiger partial charge is 0.130 e. The summed E-state index contributed by atoms with van der Waals surface area (Å²) < 4.78 is 27.7. The normalized spacial score (nSPS) is 22.7. The van der Waals surface area contributed by atoms with Crippen molar-refractivity contribution < 1.29 is 8.78 Å². The lowest BCUT2D eigenvalue weighted by atomic mass is 9.88. The molecule has 0 aliphatic heterocycles. The molecule has 1 aromatic rings. The third kappa shape index (κ3) is 3.89. The van der Waals surface area contributed by atoms with Gasteiger partial charge >= 0.3 is 0 Å². The van der Waals surface area contributed by atoms with Crippen LogP contribution in [0.4, 0.5) is 8.78 Å². The zero-order chi connectivity index (χ0) is 17.2. The van der Waals surface area contributed by atoms with E-state index in [1.54, 1.807) is 12.1 Å². The van der Waals surface area contributed by atoms with E-state index in [1.165, 1.54) is 31.3 Å². The molecule has 4 N–H and O–H groups in total. The van der Waals surface area contributed by atoms with Gasteiger partial charge in [-0.05, 0) is 72.9 Å². The van der Waals surface area contributed by atoms with Gasteiger partial charge in [-0.3, -0.25) is 0 Å². The van der Waals surface area contributed by atoms with Gasteiger partial charge in [-0.15, -0.1) is 0 Å². The molecule has 0 spiro atoms. The summed E-state index contributed by atoms with van der Waals surface area (Å²) in [6.45, 7) is 5.27. The molecule has 0 heterocycles. The molecule has 0 aromatic heterocycles. The van der Waals surface area contributed by atoms with E-state index < -0.39 is 5.67 Å². The molecule has 0 saturated heterocycles. The molecule has 0 fully saturated rings. The molecule has 2 rings (SSSR count). The monoisotopic (exact) mass is 316 g/mol. The second-order valence-electron chi connectivity index (χ2n) is 6.11. The second-order valence-corrected chi connectivity index (χ2v) is 6.11. The summed E-state index contributed by atoms with van der Waals surface area (Å²) in [6.07, 6.45) is 6.73. The van der Waals surface area contributed by atoms with Crippen LogP contribution >= 0.6 is 0 Å². The van der Waals surface area contributed by atoms with Crippen molar-refractivity contribution in [3.8, 4) is 0 Å². The van der Waals surface area contributed by atoms with Crippen LogP contribution in [-0.2, 0) is 0 Å². The predicted octanol–water partition coefficient (Wildman–Crippen LogP) is 4.28. The first kappa shape index (κ1) is 17.0. The van der Waals surface area contributed by atoms with E-state index in [0.717, 1.165) is 11.1 Å². The summed E-state index contributed by atoms with van der Waals surface area (Å²) in [5.41, 5.74) is 14.5. The summed E-state index contributed by atoms with van der Waals surface area (Å²) in [5.74, 6) is -0.346. The highest BCUT2D eigenvalue weighted by molar-refractivity contribution is 5.77. The Balaban J connectivity index is 2.44. The molecule has 1 unspecified atom stereocenters. The van der Waals surface area contributed by atoms with Gasteiger partial charge in [-0.25, -0.2) is 8.78 Å². The molecular formula is C19H22F2N2. The molecule has 0 saturated carbocycles. The van der Waals surface area contributed by atoms with Gasteiger partial charge < -0.3 is 11.5 Å². The fraction of sp³-hybridized carbons (Fsp3) is 0.263. The third-order valence-corrected chi connectivity index (χ3v) is 3.99. The molecule has 23 heavy (non-hydrogen) atoms. The maximum Gasteiger partial charge on any atom is 0.130 e. The minimum Gasteiger partial charge on any atom is -0.404 e. The van der Waals surface area contributed by atoms with Crippen LogP contribution in [0.25, 0.3) is 5.57 Å². The van der Waals surface area contributed by atoms with Crippen molar-refractivity contribution in [1.29, 1.82) is 0 Å².